The molecule has 2 heterocycles. The minimum absolute atomic E-state index is 0.130. The van der Waals surface area contributed by atoms with E-state index in [2.05, 4.69) is 30.5 Å². The van der Waals surface area contributed by atoms with Crippen LogP contribution in [0.2, 0.25) is 0 Å². The summed E-state index contributed by atoms with van der Waals surface area (Å²) in [5.74, 6) is 2.26. The first-order chi connectivity index (χ1) is 11.1. The zero-order valence-electron chi connectivity index (χ0n) is 14.2. The monoisotopic (exact) mass is 318 g/mol. The van der Waals surface area contributed by atoms with E-state index in [0.29, 0.717) is 18.9 Å². The Morgan fingerprint density at radius 2 is 2.17 bits per heavy atom. The fourth-order valence-electron chi connectivity index (χ4n) is 2.82. The van der Waals surface area contributed by atoms with E-state index in [1.54, 1.807) is 20.3 Å². The number of nitrogens with one attached hydrogen (secondary N) is 2. The summed E-state index contributed by atoms with van der Waals surface area (Å²) in [5, 5.41) is 6.06. The Hall–Kier alpha value is -2.18. The third-order valence-corrected chi connectivity index (χ3v) is 4.14. The number of nitrogens with zero attached hydrogens (tertiary/aromatic N) is 4. The van der Waals surface area contributed by atoms with Gasteiger partial charge in [0.15, 0.2) is 5.96 Å². The van der Waals surface area contributed by atoms with Crippen LogP contribution in [0.15, 0.2) is 17.3 Å². The molecule has 7 heteroatoms. The van der Waals surface area contributed by atoms with Crippen LogP contribution in [0.3, 0.4) is 0 Å². The second-order valence-corrected chi connectivity index (χ2v) is 5.80. The highest BCUT2D eigenvalue weighted by Crippen LogP contribution is 2.20. The molecule has 0 aliphatic carbocycles. The first kappa shape index (κ1) is 17.2. The maximum Gasteiger partial charge on any atom is 0.220 e. The van der Waals surface area contributed by atoms with Crippen molar-refractivity contribution in [2.75, 3.05) is 27.2 Å². The van der Waals surface area contributed by atoms with E-state index < -0.39 is 0 Å². The molecule has 0 spiro atoms. The van der Waals surface area contributed by atoms with Crippen LogP contribution in [-0.4, -0.2) is 53.9 Å². The predicted molar refractivity (Wildman–Crippen MR) is 89.9 cm³/mol. The Labute approximate surface area is 137 Å². The molecular formula is C16H26N6O. The number of rotatable bonds is 4. The molecule has 0 unspecified atom stereocenters. The van der Waals surface area contributed by atoms with Gasteiger partial charge >= 0.3 is 0 Å². The lowest BCUT2D eigenvalue weighted by atomic mass is 9.93. The molecule has 1 aromatic heterocycles. The van der Waals surface area contributed by atoms with Crippen molar-refractivity contribution in [2.45, 2.75) is 32.7 Å². The number of piperidine rings is 1. The minimum atomic E-state index is 0.130. The first-order valence-electron chi connectivity index (χ1n) is 8.07. The molecule has 1 aliphatic heterocycles. The summed E-state index contributed by atoms with van der Waals surface area (Å²) in [7, 11) is 3.49. The number of carbonyl (C=O) groups is 1. The van der Waals surface area contributed by atoms with Gasteiger partial charge in [0.2, 0.25) is 5.91 Å². The highest BCUT2D eigenvalue weighted by Gasteiger charge is 2.22. The summed E-state index contributed by atoms with van der Waals surface area (Å²) in [4.78, 5) is 26.6. The minimum Gasteiger partial charge on any atom is -0.359 e. The molecule has 0 saturated carbocycles. The average Bonchev–Trinajstić information content (AvgIpc) is 2.56. The molecule has 0 bridgehead atoms. The lowest BCUT2D eigenvalue weighted by Crippen LogP contribution is -2.45. The van der Waals surface area contributed by atoms with E-state index in [4.69, 9.17) is 0 Å². The van der Waals surface area contributed by atoms with Crippen molar-refractivity contribution >= 4 is 11.9 Å². The van der Waals surface area contributed by atoms with Gasteiger partial charge in [-0.25, -0.2) is 9.97 Å². The zero-order valence-corrected chi connectivity index (χ0v) is 14.2. The summed E-state index contributed by atoms with van der Waals surface area (Å²) in [6, 6.07) is 1.91. The number of aliphatic imine (C=N–C) groups is 1. The van der Waals surface area contributed by atoms with Gasteiger partial charge in [-0.2, -0.15) is 0 Å². The third-order valence-electron chi connectivity index (χ3n) is 4.14. The number of guanidine groups is 1. The Morgan fingerprint density at radius 3 is 2.78 bits per heavy atom. The highest BCUT2D eigenvalue weighted by molar-refractivity contribution is 5.80. The van der Waals surface area contributed by atoms with E-state index in [0.717, 1.165) is 43.4 Å². The van der Waals surface area contributed by atoms with E-state index in [9.17, 15) is 4.79 Å². The normalized spacial score (nSPS) is 16.3. The smallest absolute Gasteiger partial charge is 0.220 e. The van der Waals surface area contributed by atoms with E-state index in [1.807, 2.05) is 13.0 Å². The Bertz CT molecular complexity index is 551. The van der Waals surface area contributed by atoms with Crippen molar-refractivity contribution in [1.82, 2.24) is 25.5 Å². The number of aryl methyl sites for hydroxylation is 1. The standard InChI is InChI=1S/C16H26N6O/c1-12-19-7-4-14(21-12)11-20-16(18-3)22-8-5-13(6-9-22)10-15(23)17-2/h4,7,13H,5-6,8-11H2,1-3H3,(H,17,23)(H,18,20). The molecule has 23 heavy (non-hydrogen) atoms. The Kier molecular flexibility index (Phi) is 6.31. The molecule has 1 aromatic rings. The van der Waals surface area contributed by atoms with Gasteiger partial charge in [-0.1, -0.05) is 0 Å². The van der Waals surface area contributed by atoms with Gasteiger partial charge in [0.05, 0.1) is 12.2 Å². The molecule has 2 rings (SSSR count). The Morgan fingerprint density at radius 1 is 1.43 bits per heavy atom. The van der Waals surface area contributed by atoms with Gasteiger partial charge < -0.3 is 15.5 Å². The van der Waals surface area contributed by atoms with Crippen LogP contribution in [0, 0.1) is 12.8 Å². The fraction of sp³-hybridized carbons (Fsp3) is 0.625. The van der Waals surface area contributed by atoms with Crippen molar-refractivity contribution in [3.63, 3.8) is 0 Å². The van der Waals surface area contributed by atoms with Gasteiger partial charge in [0.1, 0.15) is 5.82 Å². The predicted octanol–water partition coefficient (Wildman–Crippen LogP) is 0.709. The summed E-state index contributed by atoms with van der Waals surface area (Å²) < 4.78 is 0. The lowest BCUT2D eigenvalue weighted by Gasteiger charge is -2.34. The number of hydrogen-bond donors (Lipinski definition) is 2. The van der Waals surface area contributed by atoms with Crippen molar-refractivity contribution in [3.8, 4) is 0 Å². The number of likely N-dealkylation sites (tertiary alicyclic amines) is 1. The maximum atomic E-state index is 11.5. The quantitative estimate of drug-likeness (QED) is 0.631. The molecule has 0 radical (unpaired) electrons. The summed E-state index contributed by atoms with van der Waals surface area (Å²) in [5.41, 5.74) is 0.952. The average molecular weight is 318 g/mol. The van der Waals surface area contributed by atoms with Crippen LogP contribution in [0.1, 0.15) is 30.8 Å². The second kappa shape index (κ2) is 8.45. The Balaban J connectivity index is 1.82. The molecule has 0 aromatic carbocycles. The fourth-order valence-corrected chi connectivity index (χ4v) is 2.82. The van der Waals surface area contributed by atoms with Crippen LogP contribution >= 0.6 is 0 Å². The number of carbonyl (C=O) groups excluding carboxylic acids is 1. The van der Waals surface area contributed by atoms with Crippen molar-refractivity contribution in [3.05, 3.63) is 23.8 Å². The summed E-state index contributed by atoms with van der Waals surface area (Å²) in [6.45, 7) is 4.36. The maximum absolute atomic E-state index is 11.5. The van der Waals surface area contributed by atoms with E-state index >= 15 is 0 Å². The third kappa shape index (κ3) is 5.19. The van der Waals surface area contributed by atoms with Crippen LogP contribution in [0.5, 0.6) is 0 Å². The molecular weight excluding hydrogens is 292 g/mol. The number of aromatic nitrogens is 2. The molecule has 1 saturated heterocycles. The molecule has 1 fully saturated rings. The molecule has 1 aliphatic rings. The topological polar surface area (TPSA) is 82.5 Å². The van der Waals surface area contributed by atoms with Crippen LogP contribution in [0.25, 0.3) is 0 Å². The van der Waals surface area contributed by atoms with Crippen molar-refractivity contribution in [2.24, 2.45) is 10.9 Å². The summed E-state index contributed by atoms with van der Waals surface area (Å²) in [6.07, 6.45) is 4.42. The van der Waals surface area contributed by atoms with Gasteiger partial charge in [-0.15, -0.1) is 0 Å². The van der Waals surface area contributed by atoms with Crippen LogP contribution in [0.4, 0.5) is 0 Å². The largest absolute Gasteiger partial charge is 0.359 e. The van der Waals surface area contributed by atoms with Gasteiger partial charge in [0, 0.05) is 39.8 Å². The molecule has 7 nitrogen and oxygen atoms in total. The number of hydrogen-bond acceptors (Lipinski definition) is 4. The van der Waals surface area contributed by atoms with Crippen molar-refractivity contribution in [1.29, 1.82) is 0 Å². The molecule has 126 valence electrons. The SMILES string of the molecule is CN=C(NCc1ccnc(C)n1)N1CCC(CC(=O)NC)CC1. The van der Waals surface area contributed by atoms with Crippen molar-refractivity contribution < 1.29 is 4.79 Å². The van der Waals surface area contributed by atoms with E-state index in [-0.39, 0.29) is 5.91 Å². The molecule has 1 amide bonds. The lowest BCUT2D eigenvalue weighted by molar-refractivity contribution is -0.121. The van der Waals surface area contributed by atoms with Gasteiger partial charge in [0.25, 0.3) is 0 Å². The van der Waals surface area contributed by atoms with E-state index in [1.165, 1.54) is 0 Å². The van der Waals surface area contributed by atoms with Gasteiger partial charge in [-0.3, -0.25) is 9.79 Å². The van der Waals surface area contributed by atoms with Gasteiger partial charge in [-0.05, 0) is 31.7 Å². The molecule has 2 N–H and O–H groups in total. The van der Waals surface area contributed by atoms with Crippen LogP contribution in [-0.2, 0) is 11.3 Å². The first-order valence-corrected chi connectivity index (χ1v) is 8.07. The van der Waals surface area contributed by atoms with Crippen LogP contribution < -0.4 is 10.6 Å². The zero-order chi connectivity index (χ0) is 16.7. The molecule has 0 atom stereocenters. The second-order valence-electron chi connectivity index (χ2n) is 5.80. The number of amides is 1. The summed E-state index contributed by atoms with van der Waals surface area (Å²) >= 11 is 0. The highest BCUT2D eigenvalue weighted by atomic mass is 16.1.